The van der Waals surface area contributed by atoms with Gasteiger partial charge in [-0.15, -0.1) is 18.3 Å². The van der Waals surface area contributed by atoms with Gasteiger partial charge >= 0.3 is 5.97 Å². The minimum absolute atomic E-state index is 0.117. The van der Waals surface area contributed by atoms with E-state index in [4.69, 9.17) is 0 Å². The Labute approximate surface area is 225 Å². The molecule has 2 amide bonds. The zero-order chi connectivity index (χ0) is 26.5. The number of likely N-dealkylation sites (tertiary alicyclic amines) is 1. The third kappa shape index (κ3) is 4.21. The second-order valence-corrected chi connectivity index (χ2v) is 13.5. The molecule has 3 saturated heterocycles. The fourth-order valence-electron chi connectivity index (χ4n) is 6.44. The van der Waals surface area contributed by atoms with Gasteiger partial charge in [-0.1, -0.05) is 48.0 Å². The number of fused-ring (bicyclic) bond motifs is 1. The number of aliphatic carboxylic acids is 1. The van der Waals surface area contributed by atoms with Gasteiger partial charge in [0.2, 0.25) is 5.91 Å². The first-order valence-electron chi connectivity index (χ1n) is 12.5. The predicted molar refractivity (Wildman–Crippen MR) is 145 cm³/mol. The fraction of sp³-hybridized carbons (Fsp3) is 0.593. The normalized spacial score (nSPS) is 31.6. The minimum Gasteiger partial charge on any atom is -0.481 e. The molecule has 0 aromatic heterocycles. The molecular weight excluding hydrogens is 544 g/mol. The molecular formula is C27H35BrN2O5S. The molecule has 36 heavy (non-hydrogen) atoms. The number of aliphatic hydroxyl groups excluding tert-OH is 1. The quantitative estimate of drug-likeness (QED) is 0.342. The molecule has 3 unspecified atom stereocenters. The van der Waals surface area contributed by atoms with E-state index in [1.54, 1.807) is 15.9 Å². The van der Waals surface area contributed by atoms with Crippen LogP contribution in [0.25, 0.3) is 0 Å². The number of halogens is 1. The van der Waals surface area contributed by atoms with Gasteiger partial charge in [0.1, 0.15) is 6.04 Å². The number of alkyl halides is 1. The first kappa shape index (κ1) is 27.2. The van der Waals surface area contributed by atoms with E-state index in [9.17, 15) is 24.6 Å². The maximum absolute atomic E-state index is 14.6. The van der Waals surface area contributed by atoms with Gasteiger partial charge in [0, 0.05) is 22.3 Å². The van der Waals surface area contributed by atoms with Crippen molar-refractivity contribution < 1.29 is 24.6 Å². The molecule has 7 atom stereocenters. The maximum atomic E-state index is 14.6. The summed E-state index contributed by atoms with van der Waals surface area (Å²) in [6, 6.07) is 4.45. The fourth-order valence-corrected chi connectivity index (χ4v) is 10.0. The zero-order valence-electron chi connectivity index (χ0n) is 21.2. The summed E-state index contributed by atoms with van der Waals surface area (Å²) in [5.74, 6) is -3.09. The predicted octanol–water partition coefficient (Wildman–Crippen LogP) is 3.78. The number of aliphatic hydroxyl groups is 1. The molecule has 7 nitrogen and oxygen atoms in total. The lowest BCUT2D eigenvalue weighted by atomic mass is 9.71. The number of amides is 2. The summed E-state index contributed by atoms with van der Waals surface area (Å²) in [5, 5.41) is 20.2. The Balaban J connectivity index is 1.88. The van der Waals surface area contributed by atoms with Crippen molar-refractivity contribution in [2.24, 2.45) is 17.8 Å². The van der Waals surface area contributed by atoms with Crippen molar-refractivity contribution in [3.8, 4) is 0 Å². The highest BCUT2D eigenvalue weighted by atomic mass is 79.9. The van der Waals surface area contributed by atoms with E-state index >= 15 is 0 Å². The number of anilines is 1. The number of rotatable bonds is 9. The van der Waals surface area contributed by atoms with Gasteiger partial charge in [0.15, 0.2) is 0 Å². The maximum Gasteiger partial charge on any atom is 0.308 e. The Morgan fingerprint density at radius 1 is 1.36 bits per heavy atom. The summed E-state index contributed by atoms with van der Waals surface area (Å²) in [6.07, 6.45) is 2.70. The van der Waals surface area contributed by atoms with Crippen LogP contribution in [-0.2, 0) is 14.4 Å². The first-order valence-corrected chi connectivity index (χ1v) is 14.2. The highest BCUT2D eigenvalue weighted by Crippen LogP contribution is 2.68. The largest absolute Gasteiger partial charge is 0.481 e. The molecule has 0 radical (unpaired) electrons. The molecule has 4 rings (SSSR count). The zero-order valence-corrected chi connectivity index (χ0v) is 23.6. The third-order valence-corrected chi connectivity index (χ3v) is 11.0. The van der Waals surface area contributed by atoms with E-state index in [-0.39, 0.29) is 41.0 Å². The number of carboxylic acid groups (broad SMARTS) is 1. The van der Waals surface area contributed by atoms with Crippen LogP contribution in [0.4, 0.5) is 5.69 Å². The van der Waals surface area contributed by atoms with Gasteiger partial charge < -0.3 is 20.0 Å². The van der Waals surface area contributed by atoms with E-state index in [0.29, 0.717) is 12.8 Å². The highest BCUT2D eigenvalue weighted by molar-refractivity contribution is 9.09. The van der Waals surface area contributed by atoms with Crippen LogP contribution in [0.15, 0.2) is 30.9 Å². The molecule has 3 aliphatic heterocycles. The van der Waals surface area contributed by atoms with Crippen molar-refractivity contribution >= 4 is 51.2 Å². The molecule has 3 fully saturated rings. The number of hydrogen-bond donors (Lipinski definition) is 2. The molecule has 1 aromatic rings. The van der Waals surface area contributed by atoms with Crippen LogP contribution in [0.5, 0.6) is 0 Å². The van der Waals surface area contributed by atoms with Crippen LogP contribution in [0.1, 0.15) is 37.8 Å². The van der Waals surface area contributed by atoms with Crippen LogP contribution in [-0.4, -0.2) is 73.0 Å². The summed E-state index contributed by atoms with van der Waals surface area (Å²) < 4.78 is -0.877. The number of benzene rings is 1. The Kier molecular flexibility index (Phi) is 7.66. The number of aryl methyl sites for hydroxylation is 2. The Hall–Kier alpha value is -1.84. The van der Waals surface area contributed by atoms with Crippen molar-refractivity contribution in [2.75, 3.05) is 18.1 Å². The van der Waals surface area contributed by atoms with Crippen molar-refractivity contribution in [3.05, 3.63) is 42.0 Å². The summed E-state index contributed by atoms with van der Waals surface area (Å²) in [4.78, 5) is 44.2. The minimum atomic E-state index is -1.01. The molecule has 0 saturated carbocycles. The topological polar surface area (TPSA) is 98.2 Å². The molecule has 0 aliphatic carbocycles. The SMILES string of the molecule is C=CCN(C(=O)C1N([C@@H](CO)CC(C)C)C(=O)[C@@H]2[C@H](C(=O)O)[C@H]3SC12CC3Br)c1cc(C)ccc1C. The molecule has 3 heterocycles. The highest BCUT2D eigenvalue weighted by Gasteiger charge is 2.76. The third-order valence-electron chi connectivity index (χ3n) is 7.83. The van der Waals surface area contributed by atoms with Gasteiger partial charge in [-0.05, 0) is 49.8 Å². The van der Waals surface area contributed by atoms with Crippen LogP contribution >= 0.6 is 27.7 Å². The molecule has 1 aromatic carbocycles. The lowest BCUT2D eigenvalue weighted by molar-refractivity contribution is -0.149. The Morgan fingerprint density at radius 2 is 2.06 bits per heavy atom. The monoisotopic (exact) mass is 578 g/mol. The van der Waals surface area contributed by atoms with E-state index < -0.39 is 34.6 Å². The molecule has 9 heteroatoms. The second-order valence-electron chi connectivity index (χ2n) is 10.7. The van der Waals surface area contributed by atoms with Crippen LogP contribution in [0.3, 0.4) is 0 Å². The molecule has 3 aliphatic rings. The van der Waals surface area contributed by atoms with Gasteiger partial charge in [-0.2, -0.15) is 0 Å². The summed E-state index contributed by atoms with van der Waals surface area (Å²) >= 11 is 5.15. The smallest absolute Gasteiger partial charge is 0.308 e. The molecule has 2 bridgehead atoms. The number of thioether (sulfide) groups is 1. The summed E-state index contributed by atoms with van der Waals surface area (Å²) in [5.41, 5.74) is 2.68. The van der Waals surface area contributed by atoms with Crippen molar-refractivity contribution in [2.45, 2.75) is 67.4 Å². The number of carbonyl (C=O) groups is 3. The lowest BCUT2D eigenvalue weighted by Gasteiger charge is -2.40. The van der Waals surface area contributed by atoms with Crippen LogP contribution in [0.2, 0.25) is 0 Å². The van der Waals surface area contributed by atoms with E-state index in [2.05, 4.69) is 22.5 Å². The van der Waals surface area contributed by atoms with Gasteiger partial charge in [-0.25, -0.2) is 0 Å². The van der Waals surface area contributed by atoms with Crippen molar-refractivity contribution in [1.29, 1.82) is 0 Å². The van der Waals surface area contributed by atoms with Crippen LogP contribution in [0, 0.1) is 31.6 Å². The van der Waals surface area contributed by atoms with Crippen molar-refractivity contribution in [3.63, 3.8) is 0 Å². The number of hydrogen-bond acceptors (Lipinski definition) is 5. The molecule has 2 N–H and O–H groups in total. The van der Waals surface area contributed by atoms with E-state index in [0.717, 1.165) is 16.8 Å². The summed E-state index contributed by atoms with van der Waals surface area (Å²) in [6.45, 7) is 11.8. The van der Waals surface area contributed by atoms with Gasteiger partial charge in [-0.3, -0.25) is 14.4 Å². The van der Waals surface area contributed by atoms with Crippen LogP contribution < -0.4 is 4.90 Å². The second kappa shape index (κ2) is 10.1. The van der Waals surface area contributed by atoms with Gasteiger partial charge in [0.05, 0.1) is 29.2 Å². The first-order chi connectivity index (χ1) is 17.0. The average molecular weight is 580 g/mol. The Bertz CT molecular complexity index is 1080. The number of nitrogens with zero attached hydrogens (tertiary/aromatic N) is 2. The Morgan fingerprint density at radius 3 is 2.64 bits per heavy atom. The van der Waals surface area contributed by atoms with E-state index in [1.165, 1.54) is 11.8 Å². The molecule has 196 valence electrons. The number of carboxylic acids is 1. The standard InChI is InChI=1S/C27H35BrN2O5S/c1-6-9-29(19-11-15(4)7-8-16(19)5)25(33)23-27-12-18(28)22(36-27)20(26(34)35)21(27)24(32)30(23)17(13-31)10-14(2)3/h6-8,11,14,17-18,20-23,31H,1,9-10,12-13H2,2-5H3,(H,34,35)/t17-,18?,20+,21+,22+,23?,27?/m1/s1. The molecule has 1 spiro atoms. The number of carbonyl (C=O) groups excluding carboxylic acids is 2. The van der Waals surface area contributed by atoms with Crippen molar-refractivity contribution in [1.82, 2.24) is 4.90 Å². The van der Waals surface area contributed by atoms with E-state index in [1.807, 2.05) is 45.9 Å². The average Bonchev–Trinajstić information content (AvgIpc) is 3.40. The lowest BCUT2D eigenvalue weighted by Crippen LogP contribution is -2.58. The van der Waals surface area contributed by atoms with Gasteiger partial charge in [0.25, 0.3) is 5.91 Å². The summed E-state index contributed by atoms with van der Waals surface area (Å²) in [7, 11) is 0.